The predicted molar refractivity (Wildman–Crippen MR) is 110 cm³/mol. The molecule has 2 aromatic carbocycles. The number of nitrogens with two attached hydrogens (primary N) is 1. The van der Waals surface area contributed by atoms with Gasteiger partial charge in [-0.05, 0) is 43.9 Å². The van der Waals surface area contributed by atoms with Gasteiger partial charge in [0.2, 0.25) is 5.89 Å². The number of fused-ring (bicyclic) bond motifs is 1. The molecule has 1 aliphatic rings. The summed E-state index contributed by atoms with van der Waals surface area (Å²) in [4.78, 5) is 9.61. The Labute approximate surface area is 167 Å². The summed E-state index contributed by atoms with van der Waals surface area (Å²) in [6.45, 7) is 2.15. The third-order valence-corrected chi connectivity index (χ3v) is 6.88. The molecule has 1 saturated carbocycles. The van der Waals surface area contributed by atoms with Crippen LogP contribution >= 0.6 is 11.3 Å². The Bertz CT molecular complexity index is 1080. The Morgan fingerprint density at radius 2 is 1.82 bits per heavy atom. The van der Waals surface area contributed by atoms with E-state index >= 15 is 0 Å². The van der Waals surface area contributed by atoms with Crippen LogP contribution in [0.1, 0.15) is 48.5 Å². The van der Waals surface area contributed by atoms with Crippen LogP contribution in [-0.4, -0.2) is 15.1 Å². The average Bonchev–Trinajstić information content (AvgIpc) is 3.34. The van der Waals surface area contributed by atoms with Crippen LogP contribution in [0.2, 0.25) is 0 Å². The van der Waals surface area contributed by atoms with E-state index in [1.54, 1.807) is 11.3 Å². The summed E-state index contributed by atoms with van der Waals surface area (Å²) in [5.41, 5.74) is 7.68. The molecule has 2 aromatic heterocycles. The number of hydrogen-bond acceptors (Lipinski definition) is 6. The standard InChI is InChI=1S/C22H22N4OS/c1-21(15-8-3-2-4-9-15,14-18-24-16-10-5-6-11-17(16)28-18)20-25-19(26-27-20)22(23)12-7-13-22/h2-6,8-11H,7,12-14,23H2,1H3. The number of aromatic nitrogens is 3. The molecule has 5 nitrogen and oxygen atoms in total. The zero-order valence-electron chi connectivity index (χ0n) is 15.8. The lowest BCUT2D eigenvalue weighted by atomic mass is 9.76. The van der Waals surface area contributed by atoms with Crippen molar-refractivity contribution in [3.8, 4) is 0 Å². The lowest BCUT2D eigenvalue weighted by Gasteiger charge is -2.34. The van der Waals surface area contributed by atoms with E-state index in [1.807, 2.05) is 30.3 Å². The number of para-hydroxylation sites is 1. The van der Waals surface area contributed by atoms with Crippen molar-refractivity contribution < 1.29 is 4.52 Å². The molecule has 1 atom stereocenters. The Morgan fingerprint density at radius 3 is 2.54 bits per heavy atom. The minimum Gasteiger partial charge on any atom is -0.338 e. The van der Waals surface area contributed by atoms with Crippen LogP contribution in [0, 0.1) is 0 Å². The molecule has 0 aliphatic heterocycles. The van der Waals surface area contributed by atoms with Gasteiger partial charge in [-0.15, -0.1) is 11.3 Å². The first-order valence-corrected chi connectivity index (χ1v) is 10.4. The molecule has 1 fully saturated rings. The summed E-state index contributed by atoms with van der Waals surface area (Å²) < 4.78 is 6.98. The van der Waals surface area contributed by atoms with Crippen molar-refractivity contribution in [2.75, 3.05) is 0 Å². The topological polar surface area (TPSA) is 77.8 Å². The summed E-state index contributed by atoms with van der Waals surface area (Å²) in [6.07, 6.45) is 3.62. The van der Waals surface area contributed by atoms with Gasteiger partial charge in [0.15, 0.2) is 5.82 Å². The molecular formula is C22H22N4OS. The van der Waals surface area contributed by atoms with Crippen molar-refractivity contribution in [2.45, 2.75) is 43.6 Å². The van der Waals surface area contributed by atoms with E-state index in [0.717, 1.165) is 35.4 Å². The van der Waals surface area contributed by atoms with E-state index in [0.29, 0.717) is 18.1 Å². The SMILES string of the molecule is CC(Cc1nc2ccccc2s1)(c1ccccc1)c1nc(C2(N)CCC2)no1. The quantitative estimate of drug-likeness (QED) is 0.540. The maximum absolute atomic E-state index is 6.43. The molecule has 2 heterocycles. The van der Waals surface area contributed by atoms with Crippen LogP contribution in [0.5, 0.6) is 0 Å². The first-order valence-electron chi connectivity index (χ1n) is 9.60. The fourth-order valence-corrected chi connectivity index (χ4v) is 4.96. The van der Waals surface area contributed by atoms with E-state index in [4.69, 9.17) is 20.2 Å². The lowest BCUT2D eigenvalue weighted by Crippen LogP contribution is -2.44. The summed E-state index contributed by atoms with van der Waals surface area (Å²) in [7, 11) is 0. The van der Waals surface area contributed by atoms with Gasteiger partial charge in [-0.25, -0.2) is 4.98 Å². The maximum Gasteiger partial charge on any atom is 0.237 e. The van der Waals surface area contributed by atoms with Crippen molar-refractivity contribution in [1.82, 2.24) is 15.1 Å². The highest BCUT2D eigenvalue weighted by atomic mass is 32.1. The number of rotatable bonds is 5. The third-order valence-electron chi connectivity index (χ3n) is 5.84. The molecule has 6 heteroatoms. The zero-order valence-corrected chi connectivity index (χ0v) is 16.6. The lowest BCUT2D eigenvalue weighted by molar-refractivity contribution is 0.227. The second-order valence-corrected chi connectivity index (χ2v) is 9.00. The zero-order chi connectivity index (χ0) is 19.2. The number of thiazole rings is 1. The molecule has 0 saturated heterocycles. The molecule has 4 aromatic rings. The molecule has 1 unspecified atom stereocenters. The third kappa shape index (κ3) is 2.84. The van der Waals surface area contributed by atoms with Gasteiger partial charge in [0.25, 0.3) is 0 Å². The molecule has 28 heavy (non-hydrogen) atoms. The van der Waals surface area contributed by atoms with Gasteiger partial charge in [0.05, 0.1) is 26.2 Å². The van der Waals surface area contributed by atoms with E-state index in [-0.39, 0.29) is 0 Å². The second-order valence-electron chi connectivity index (χ2n) is 7.88. The molecule has 1 aliphatic carbocycles. The highest BCUT2D eigenvalue weighted by Crippen LogP contribution is 2.40. The van der Waals surface area contributed by atoms with Crippen LogP contribution in [0.25, 0.3) is 10.2 Å². The van der Waals surface area contributed by atoms with E-state index in [9.17, 15) is 0 Å². The van der Waals surface area contributed by atoms with E-state index in [1.165, 1.54) is 4.70 Å². The van der Waals surface area contributed by atoms with Crippen molar-refractivity contribution in [1.29, 1.82) is 0 Å². The maximum atomic E-state index is 6.43. The summed E-state index contributed by atoms with van der Waals surface area (Å²) in [5.74, 6) is 1.23. The molecule has 142 valence electrons. The van der Waals surface area contributed by atoms with Gasteiger partial charge < -0.3 is 10.3 Å². The van der Waals surface area contributed by atoms with Gasteiger partial charge in [-0.3, -0.25) is 0 Å². The van der Waals surface area contributed by atoms with Gasteiger partial charge >= 0.3 is 0 Å². The van der Waals surface area contributed by atoms with Crippen LogP contribution < -0.4 is 5.73 Å². The Kier molecular flexibility index (Phi) is 4.07. The molecular weight excluding hydrogens is 368 g/mol. The minimum atomic E-state index is -0.472. The predicted octanol–water partition coefficient (Wildman–Crippen LogP) is 4.57. The number of benzene rings is 2. The second kappa shape index (κ2) is 6.50. The molecule has 2 N–H and O–H groups in total. The van der Waals surface area contributed by atoms with E-state index < -0.39 is 11.0 Å². The summed E-state index contributed by atoms with van der Waals surface area (Å²) in [6, 6.07) is 18.5. The number of hydrogen-bond donors (Lipinski definition) is 1. The smallest absolute Gasteiger partial charge is 0.237 e. The normalized spacial score (nSPS) is 17.9. The van der Waals surface area contributed by atoms with Crippen molar-refractivity contribution in [3.05, 3.63) is 76.9 Å². The molecule has 5 rings (SSSR count). The van der Waals surface area contributed by atoms with E-state index in [2.05, 4.69) is 36.3 Å². The largest absolute Gasteiger partial charge is 0.338 e. The average molecular weight is 391 g/mol. The Balaban J connectivity index is 1.57. The fourth-order valence-electron chi connectivity index (χ4n) is 3.84. The van der Waals surface area contributed by atoms with Crippen molar-refractivity contribution >= 4 is 21.6 Å². The fraction of sp³-hybridized carbons (Fsp3) is 0.318. The molecule has 0 spiro atoms. The van der Waals surface area contributed by atoms with Gasteiger partial charge in [0.1, 0.15) is 0 Å². The first kappa shape index (κ1) is 17.5. The minimum absolute atomic E-state index is 0.435. The number of nitrogens with zero attached hydrogens (tertiary/aromatic N) is 3. The Hall–Kier alpha value is -2.57. The monoisotopic (exact) mass is 390 g/mol. The van der Waals surface area contributed by atoms with Gasteiger partial charge in [-0.2, -0.15) is 4.98 Å². The van der Waals surface area contributed by atoms with Crippen LogP contribution in [0.3, 0.4) is 0 Å². The Morgan fingerprint density at radius 1 is 1.07 bits per heavy atom. The first-order chi connectivity index (χ1) is 13.6. The van der Waals surface area contributed by atoms with Crippen LogP contribution in [0.4, 0.5) is 0 Å². The molecule has 0 radical (unpaired) electrons. The molecule has 0 bridgehead atoms. The van der Waals surface area contributed by atoms with Crippen LogP contribution in [0.15, 0.2) is 59.1 Å². The summed E-state index contributed by atoms with van der Waals surface area (Å²) >= 11 is 1.72. The molecule has 0 amide bonds. The van der Waals surface area contributed by atoms with Crippen molar-refractivity contribution in [2.24, 2.45) is 5.73 Å². The van der Waals surface area contributed by atoms with Gasteiger partial charge in [-0.1, -0.05) is 47.6 Å². The highest BCUT2D eigenvalue weighted by Gasteiger charge is 2.42. The summed E-state index contributed by atoms with van der Waals surface area (Å²) in [5, 5.41) is 5.31. The highest BCUT2D eigenvalue weighted by molar-refractivity contribution is 7.18. The van der Waals surface area contributed by atoms with Crippen LogP contribution in [-0.2, 0) is 17.4 Å². The van der Waals surface area contributed by atoms with Gasteiger partial charge in [0, 0.05) is 6.42 Å². The van der Waals surface area contributed by atoms with Crippen molar-refractivity contribution in [3.63, 3.8) is 0 Å².